The topological polar surface area (TPSA) is 33.3 Å². The molecular weight excluding hydrogens is 208 g/mol. The smallest absolute Gasteiger partial charge is 0.171 e. The van der Waals surface area contributed by atoms with Crippen LogP contribution in [0.25, 0.3) is 0 Å². The fraction of sp³-hybridized carbons (Fsp3) is 0.182. The lowest BCUT2D eigenvalue weighted by molar-refractivity contribution is 0.415. The summed E-state index contributed by atoms with van der Waals surface area (Å²) in [7, 11) is 1.64. The van der Waals surface area contributed by atoms with Crippen molar-refractivity contribution in [3.63, 3.8) is 0 Å². The Labute approximate surface area is 95.1 Å². The normalized spacial score (nSPS) is 9.13. The maximum Gasteiger partial charge on any atom is 0.171 e. The second kappa shape index (κ2) is 6.03. The molecule has 0 spiro atoms. The van der Waals surface area contributed by atoms with Crippen molar-refractivity contribution < 1.29 is 4.74 Å². The summed E-state index contributed by atoms with van der Waals surface area (Å²) in [6.45, 7) is 4.25. The van der Waals surface area contributed by atoms with E-state index in [-0.39, 0.29) is 0 Å². The molecule has 0 radical (unpaired) electrons. The summed E-state index contributed by atoms with van der Waals surface area (Å²) in [6.07, 6.45) is 1.75. The van der Waals surface area contributed by atoms with Gasteiger partial charge in [-0.3, -0.25) is 0 Å². The second-order valence-electron chi connectivity index (χ2n) is 2.85. The first-order valence-electron chi connectivity index (χ1n) is 4.56. The Morgan fingerprint density at radius 1 is 1.47 bits per heavy atom. The lowest BCUT2D eigenvalue weighted by Gasteiger charge is -2.09. The number of nitrogens with one attached hydrogen (secondary N) is 2. The molecule has 1 rings (SSSR count). The average molecular weight is 222 g/mol. The summed E-state index contributed by atoms with van der Waals surface area (Å²) >= 11 is 5.06. The Kier molecular flexibility index (Phi) is 4.63. The van der Waals surface area contributed by atoms with E-state index in [4.69, 9.17) is 17.0 Å². The summed E-state index contributed by atoms with van der Waals surface area (Å²) in [5, 5.41) is 6.61. The van der Waals surface area contributed by atoms with Crippen LogP contribution < -0.4 is 15.4 Å². The zero-order valence-electron chi connectivity index (χ0n) is 8.62. The van der Waals surface area contributed by atoms with Gasteiger partial charge in [-0.05, 0) is 36.5 Å². The fourth-order valence-corrected chi connectivity index (χ4v) is 1.22. The molecule has 0 unspecified atom stereocenters. The Morgan fingerprint density at radius 2 is 2.13 bits per heavy atom. The summed E-state index contributed by atoms with van der Waals surface area (Å²) in [5.41, 5.74) is 0.928. The van der Waals surface area contributed by atoms with Crippen molar-refractivity contribution in [3.05, 3.63) is 36.9 Å². The minimum absolute atomic E-state index is 0.583. The van der Waals surface area contributed by atoms with Gasteiger partial charge in [0.1, 0.15) is 5.75 Å². The summed E-state index contributed by atoms with van der Waals surface area (Å²) in [6, 6.07) is 7.55. The highest BCUT2D eigenvalue weighted by atomic mass is 32.1. The van der Waals surface area contributed by atoms with Crippen LogP contribution in [0.5, 0.6) is 5.75 Å². The molecule has 1 aromatic rings. The first-order valence-corrected chi connectivity index (χ1v) is 4.97. The van der Waals surface area contributed by atoms with E-state index in [1.807, 2.05) is 24.3 Å². The number of rotatable bonds is 4. The summed E-state index contributed by atoms with van der Waals surface area (Å²) in [5.74, 6) is 0.825. The van der Waals surface area contributed by atoms with Crippen LogP contribution in [0, 0.1) is 0 Å². The third kappa shape index (κ3) is 3.99. The minimum atomic E-state index is 0.583. The van der Waals surface area contributed by atoms with Crippen LogP contribution in [0.2, 0.25) is 0 Å². The molecule has 3 nitrogen and oxygen atoms in total. The van der Waals surface area contributed by atoms with E-state index < -0.39 is 0 Å². The highest BCUT2D eigenvalue weighted by Gasteiger charge is 1.96. The molecule has 0 aromatic heterocycles. The van der Waals surface area contributed by atoms with Gasteiger partial charge in [0, 0.05) is 12.2 Å². The second-order valence-corrected chi connectivity index (χ2v) is 3.26. The van der Waals surface area contributed by atoms with Crippen LogP contribution in [0.1, 0.15) is 0 Å². The van der Waals surface area contributed by atoms with Gasteiger partial charge < -0.3 is 15.4 Å². The number of methoxy groups -OCH3 is 1. The van der Waals surface area contributed by atoms with Crippen molar-refractivity contribution in [2.45, 2.75) is 0 Å². The van der Waals surface area contributed by atoms with Crippen molar-refractivity contribution in [2.24, 2.45) is 0 Å². The Balaban J connectivity index is 2.49. The molecule has 0 saturated heterocycles. The number of ether oxygens (including phenoxy) is 1. The molecule has 2 N–H and O–H groups in total. The van der Waals surface area contributed by atoms with Crippen LogP contribution in [-0.2, 0) is 0 Å². The standard InChI is InChI=1S/C11H14N2OS/c1-3-8-12-11(15)13-9-4-6-10(14-2)7-5-9/h3-7H,1,8H2,2H3,(H2,12,13,15). The van der Waals surface area contributed by atoms with Crippen molar-refractivity contribution in [1.82, 2.24) is 5.32 Å². The van der Waals surface area contributed by atoms with Crippen molar-refractivity contribution in [1.29, 1.82) is 0 Å². The molecule has 0 aliphatic rings. The highest BCUT2D eigenvalue weighted by Crippen LogP contribution is 2.14. The van der Waals surface area contributed by atoms with E-state index in [0.717, 1.165) is 11.4 Å². The van der Waals surface area contributed by atoms with Gasteiger partial charge in [0.25, 0.3) is 0 Å². The van der Waals surface area contributed by atoms with Crippen LogP contribution >= 0.6 is 12.2 Å². The lowest BCUT2D eigenvalue weighted by atomic mass is 10.3. The molecule has 0 aliphatic heterocycles. The Morgan fingerprint density at radius 3 is 2.67 bits per heavy atom. The third-order valence-electron chi connectivity index (χ3n) is 1.75. The van der Waals surface area contributed by atoms with E-state index in [9.17, 15) is 0 Å². The molecule has 0 atom stereocenters. The van der Waals surface area contributed by atoms with Crippen molar-refractivity contribution in [2.75, 3.05) is 19.0 Å². The maximum atomic E-state index is 5.06. The maximum absolute atomic E-state index is 5.06. The van der Waals surface area contributed by atoms with Gasteiger partial charge >= 0.3 is 0 Å². The Hall–Kier alpha value is -1.55. The fourth-order valence-electron chi connectivity index (χ4n) is 1.01. The molecule has 4 heteroatoms. The zero-order valence-corrected chi connectivity index (χ0v) is 9.43. The summed E-state index contributed by atoms with van der Waals surface area (Å²) < 4.78 is 5.05. The zero-order chi connectivity index (χ0) is 11.1. The molecule has 1 aromatic carbocycles. The molecule has 0 bridgehead atoms. The van der Waals surface area contributed by atoms with Gasteiger partial charge in [-0.15, -0.1) is 6.58 Å². The quantitative estimate of drug-likeness (QED) is 0.604. The molecule has 0 aliphatic carbocycles. The van der Waals surface area contributed by atoms with Gasteiger partial charge in [-0.25, -0.2) is 0 Å². The van der Waals surface area contributed by atoms with Crippen LogP contribution in [-0.4, -0.2) is 18.8 Å². The highest BCUT2D eigenvalue weighted by molar-refractivity contribution is 7.80. The molecule has 15 heavy (non-hydrogen) atoms. The SMILES string of the molecule is C=CCNC(=S)Nc1ccc(OC)cc1. The number of anilines is 1. The average Bonchev–Trinajstić information content (AvgIpc) is 2.27. The van der Waals surface area contributed by atoms with Gasteiger partial charge in [0.2, 0.25) is 0 Å². The van der Waals surface area contributed by atoms with Crippen LogP contribution in [0.4, 0.5) is 5.69 Å². The number of thiocarbonyl (C=S) groups is 1. The predicted octanol–water partition coefficient (Wildman–Crippen LogP) is 2.17. The van der Waals surface area contributed by atoms with Gasteiger partial charge in [-0.1, -0.05) is 6.08 Å². The molecule has 0 amide bonds. The molecule has 80 valence electrons. The largest absolute Gasteiger partial charge is 0.497 e. The van der Waals surface area contributed by atoms with Gasteiger partial charge in [-0.2, -0.15) is 0 Å². The Bertz CT molecular complexity index is 335. The van der Waals surface area contributed by atoms with Gasteiger partial charge in [0.05, 0.1) is 7.11 Å². The number of hydrogen-bond donors (Lipinski definition) is 2. The van der Waals surface area contributed by atoms with Crippen molar-refractivity contribution >= 4 is 23.0 Å². The van der Waals surface area contributed by atoms with Gasteiger partial charge in [0.15, 0.2) is 5.11 Å². The monoisotopic (exact) mass is 222 g/mol. The molecular formula is C11H14N2OS. The molecule has 0 fully saturated rings. The molecule has 0 saturated carbocycles. The molecule has 0 heterocycles. The van der Waals surface area contributed by atoms with E-state index >= 15 is 0 Å². The summed E-state index contributed by atoms with van der Waals surface area (Å²) in [4.78, 5) is 0. The van der Waals surface area contributed by atoms with E-state index in [2.05, 4.69) is 17.2 Å². The van der Waals surface area contributed by atoms with E-state index in [1.165, 1.54) is 0 Å². The third-order valence-corrected chi connectivity index (χ3v) is 2.00. The predicted molar refractivity (Wildman–Crippen MR) is 67.4 cm³/mol. The number of hydrogen-bond acceptors (Lipinski definition) is 2. The lowest BCUT2D eigenvalue weighted by Crippen LogP contribution is -2.28. The first kappa shape index (κ1) is 11.5. The van der Waals surface area contributed by atoms with E-state index in [0.29, 0.717) is 11.7 Å². The van der Waals surface area contributed by atoms with Crippen LogP contribution in [0.3, 0.4) is 0 Å². The number of benzene rings is 1. The van der Waals surface area contributed by atoms with Crippen molar-refractivity contribution in [3.8, 4) is 5.75 Å². The minimum Gasteiger partial charge on any atom is -0.497 e. The van der Waals surface area contributed by atoms with Crippen LogP contribution in [0.15, 0.2) is 36.9 Å². The van der Waals surface area contributed by atoms with E-state index in [1.54, 1.807) is 13.2 Å². The first-order chi connectivity index (χ1) is 7.26.